The number of non-ortho nitro benzene ring substituents is 1. The molecule has 0 heterocycles. The predicted octanol–water partition coefficient (Wildman–Crippen LogP) is 4.57. The molecular formula is C14H10BrClN2O3. The Balaban J connectivity index is 2.28. The van der Waals surface area contributed by atoms with Crippen molar-refractivity contribution in [1.82, 2.24) is 0 Å². The van der Waals surface area contributed by atoms with Crippen LogP contribution in [0.4, 0.5) is 11.4 Å². The van der Waals surface area contributed by atoms with Crippen LogP contribution in [0.5, 0.6) is 0 Å². The molecule has 0 aromatic heterocycles. The average molecular weight is 370 g/mol. The largest absolute Gasteiger partial charge is 0.321 e. The molecule has 0 unspecified atom stereocenters. The molecule has 2 aromatic rings. The molecule has 0 atom stereocenters. The molecule has 0 radical (unpaired) electrons. The Morgan fingerprint density at radius 3 is 2.62 bits per heavy atom. The highest BCUT2D eigenvalue weighted by Crippen LogP contribution is 2.26. The van der Waals surface area contributed by atoms with Gasteiger partial charge in [0.05, 0.1) is 21.2 Å². The van der Waals surface area contributed by atoms with Gasteiger partial charge in [-0.3, -0.25) is 14.9 Å². The maximum absolute atomic E-state index is 12.2. The van der Waals surface area contributed by atoms with E-state index in [9.17, 15) is 14.9 Å². The molecule has 0 aliphatic carbocycles. The van der Waals surface area contributed by atoms with Crippen molar-refractivity contribution >= 4 is 44.8 Å². The van der Waals surface area contributed by atoms with Crippen molar-refractivity contribution < 1.29 is 9.72 Å². The number of nitrogens with zero attached hydrogens (tertiary/aromatic N) is 1. The molecule has 0 saturated carbocycles. The summed E-state index contributed by atoms with van der Waals surface area (Å²) in [6.45, 7) is 1.90. The normalized spacial score (nSPS) is 10.2. The van der Waals surface area contributed by atoms with Crippen LogP contribution in [0.1, 0.15) is 15.9 Å². The van der Waals surface area contributed by atoms with E-state index < -0.39 is 10.8 Å². The molecule has 7 heteroatoms. The Bertz CT molecular complexity index is 734. The third-order valence-electron chi connectivity index (χ3n) is 2.78. The summed E-state index contributed by atoms with van der Waals surface area (Å²) < 4.78 is 0.736. The van der Waals surface area contributed by atoms with Crippen LogP contribution in [0, 0.1) is 17.0 Å². The van der Waals surface area contributed by atoms with E-state index in [-0.39, 0.29) is 16.3 Å². The fourth-order valence-electron chi connectivity index (χ4n) is 1.73. The van der Waals surface area contributed by atoms with Crippen LogP contribution in [0.15, 0.2) is 40.9 Å². The van der Waals surface area contributed by atoms with Crippen molar-refractivity contribution in [1.29, 1.82) is 0 Å². The summed E-state index contributed by atoms with van der Waals surface area (Å²) >= 11 is 9.27. The summed E-state index contributed by atoms with van der Waals surface area (Å²) in [5.41, 5.74) is 1.61. The van der Waals surface area contributed by atoms with Crippen LogP contribution in [0.25, 0.3) is 0 Å². The Kier molecular flexibility index (Phi) is 4.59. The lowest BCUT2D eigenvalue weighted by molar-refractivity contribution is -0.384. The van der Waals surface area contributed by atoms with Gasteiger partial charge in [0, 0.05) is 16.6 Å². The van der Waals surface area contributed by atoms with E-state index in [1.807, 2.05) is 19.1 Å². The molecule has 1 amide bonds. The van der Waals surface area contributed by atoms with Crippen molar-refractivity contribution in [2.24, 2.45) is 0 Å². The zero-order valence-corrected chi connectivity index (χ0v) is 13.2. The van der Waals surface area contributed by atoms with Gasteiger partial charge in [-0.1, -0.05) is 17.7 Å². The summed E-state index contributed by atoms with van der Waals surface area (Å²) in [4.78, 5) is 22.3. The van der Waals surface area contributed by atoms with E-state index in [2.05, 4.69) is 21.2 Å². The van der Waals surface area contributed by atoms with Gasteiger partial charge >= 0.3 is 0 Å². The Hall–Kier alpha value is -1.92. The van der Waals surface area contributed by atoms with E-state index in [1.54, 1.807) is 6.07 Å². The van der Waals surface area contributed by atoms with Crippen LogP contribution >= 0.6 is 27.5 Å². The number of hydrogen-bond acceptors (Lipinski definition) is 3. The first kappa shape index (κ1) is 15.5. The highest BCUT2D eigenvalue weighted by molar-refractivity contribution is 9.10. The molecule has 5 nitrogen and oxygen atoms in total. The number of rotatable bonds is 3. The smallest absolute Gasteiger partial charge is 0.270 e. The average Bonchev–Trinajstić information content (AvgIpc) is 2.42. The number of nitro benzene ring substituents is 1. The maximum Gasteiger partial charge on any atom is 0.270 e. The van der Waals surface area contributed by atoms with E-state index in [1.165, 1.54) is 12.1 Å². The standard InChI is InChI=1S/C14H10BrClN2O3/c1-8-2-5-11(15)13(6-8)17-14(19)10-4-3-9(18(20)21)7-12(10)16/h2-7H,1H3,(H,17,19). The molecule has 2 rings (SSSR count). The predicted molar refractivity (Wildman–Crippen MR) is 84.9 cm³/mol. The SMILES string of the molecule is Cc1ccc(Br)c(NC(=O)c2ccc([N+](=O)[O-])cc2Cl)c1. The molecule has 0 aliphatic rings. The third kappa shape index (κ3) is 3.59. The van der Waals surface area contributed by atoms with Gasteiger partial charge in [0.15, 0.2) is 0 Å². The third-order valence-corrected chi connectivity index (χ3v) is 3.78. The number of benzene rings is 2. The van der Waals surface area contributed by atoms with Crippen molar-refractivity contribution in [2.75, 3.05) is 5.32 Å². The molecule has 0 fully saturated rings. The second-order valence-electron chi connectivity index (χ2n) is 4.36. The number of amides is 1. The second kappa shape index (κ2) is 6.24. The minimum absolute atomic E-state index is 0.0328. The summed E-state index contributed by atoms with van der Waals surface area (Å²) in [6.07, 6.45) is 0. The molecule has 2 aromatic carbocycles. The van der Waals surface area contributed by atoms with Gasteiger partial charge in [0.1, 0.15) is 0 Å². The van der Waals surface area contributed by atoms with Crippen LogP contribution in [0.2, 0.25) is 5.02 Å². The fraction of sp³-hybridized carbons (Fsp3) is 0.0714. The first-order valence-corrected chi connectivity index (χ1v) is 7.07. The number of hydrogen-bond donors (Lipinski definition) is 1. The molecule has 0 bridgehead atoms. The minimum atomic E-state index is -0.565. The summed E-state index contributed by atoms with van der Waals surface area (Å²) in [5.74, 6) is -0.429. The van der Waals surface area contributed by atoms with Gasteiger partial charge in [-0.2, -0.15) is 0 Å². The van der Waals surface area contributed by atoms with E-state index in [4.69, 9.17) is 11.6 Å². The molecular weight excluding hydrogens is 360 g/mol. The van der Waals surface area contributed by atoms with Crippen LogP contribution < -0.4 is 5.32 Å². The van der Waals surface area contributed by atoms with Gasteiger partial charge in [-0.15, -0.1) is 0 Å². The molecule has 0 saturated heterocycles. The number of anilines is 1. The van der Waals surface area contributed by atoms with Crippen LogP contribution in [0.3, 0.4) is 0 Å². The van der Waals surface area contributed by atoms with Gasteiger partial charge in [0.2, 0.25) is 0 Å². The number of carbonyl (C=O) groups excluding carboxylic acids is 1. The number of halogens is 2. The Labute approximate surface area is 134 Å². The van der Waals surface area contributed by atoms with Crippen molar-refractivity contribution in [2.45, 2.75) is 6.92 Å². The number of aryl methyl sites for hydroxylation is 1. The van der Waals surface area contributed by atoms with Crippen molar-refractivity contribution in [3.05, 3.63) is 67.1 Å². The Morgan fingerprint density at radius 2 is 2.00 bits per heavy atom. The summed E-state index contributed by atoms with van der Waals surface area (Å²) in [5, 5.41) is 13.4. The zero-order chi connectivity index (χ0) is 15.6. The second-order valence-corrected chi connectivity index (χ2v) is 5.62. The fourth-order valence-corrected chi connectivity index (χ4v) is 2.33. The molecule has 0 spiro atoms. The number of nitrogens with one attached hydrogen (secondary N) is 1. The first-order chi connectivity index (χ1) is 9.88. The summed E-state index contributed by atoms with van der Waals surface area (Å²) in [6, 6.07) is 9.26. The van der Waals surface area contributed by atoms with Gasteiger partial charge in [-0.05, 0) is 46.6 Å². The van der Waals surface area contributed by atoms with Crippen LogP contribution in [-0.2, 0) is 0 Å². The van der Waals surface area contributed by atoms with Gasteiger partial charge < -0.3 is 5.32 Å². The first-order valence-electron chi connectivity index (χ1n) is 5.90. The Morgan fingerprint density at radius 1 is 1.29 bits per heavy atom. The lowest BCUT2D eigenvalue weighted by Gasteiger charge is -2.09. The highest BCUT2D eigenvalue weighted by Gasteiger charge is 2.15. The highest BCUT2D eigenvalue weighted by atomic mass is 79.9. The molecule has 108 valence electrons. The van der Waals surface area contributed by atoms with Crippen molar-refractivity contribution in [3.8, 4) is 0 Å². The summed E-state index contributed by atoms with van der Waals surface area (Å²) in [7, 11) is 0. The van der Waals surface area contributed by atoms with E-state index in [0.29, 0.717) is 5.69 Å². The molecule has 21 heavy (non-hydrogen) atoms. The quantitative estimate of drug-likeness (QED) is 0.636. The lowest BCUT2D eigenvalue weighted by atomic mass is 10.1. The maximum atomic E-state index is 12.2. The van der Waals surface area contributed by atoms with E-state index in [0.717, 1.165) is 16.1 Å². The van der Waals surface area contributed by atoms with Crippen molar-refractivity contribution in [3.63, 3.8) is 0 Å². The number of carbonyl (C=O) groups is 1. The molecule has 1 N–H and O–H groups in total. The topological polar surface area (TPSA) is 72.2 Å². The zero-order valence-electron chi connectivity index (χ0n) is 10.9. The van der Waals surface area contributed by atoms with Gasteiger partial charge in [0.25, 0.3) is 11.6 Å². The van der Waals surface area contributed by atoms with Crippen LogP contribution in [-0.4, -0.2) is 10.8 Å². The monoisotopic (exact) mass is 368 g/mol. The van der Waals surface area contributed by atoms with E-state index >= 15 is 0 Å². The minimum Gasteiger partial charge on any atom is -0.321 e. The lowest BCUT2D eigenvalue weighted by Crippen LogP contribution is -2.13. The molecule has 0 aliphatic heterocycles. The van der Waals surface area contributed by atoms with Gasteiger partial charge in [-0.25, -0.2) is 0 Å². The number of nitro groups is 1.